The Kier molecular flexibility index (Phi) is 21.1. The third-order valence-corrected chi connectivity index (χ3v) is 7.58. The smallest absolute Gasteiger partial charge is 0.247 e. The monoisotopic (exact) mass is 461 g/mol. The molecule has 1 rings (SSSR count). The van der Waals surface area contributed by atoms with Crippen molar-refractivity contribution in [3.8, 4) is 0 Å². The van der Waals surface area contributed by atoms with Gasteiger partial charge in [0.25, 0.3) is 5.82 Å². The highest BCUT2D eigenvalue weighted by molar-refractivity contribution is 4.90. The number of aromatic amines is 1. The summed E-state index contributed by atoms with van der Waals surface area (Å²) in [7, 11) is 0. The van der Waals surface area contributed by atoms with Gasteiger partial charge in [-0.15, -0.1) is 0 Å². The molecule has 2 nitrogen and oxygen atoms in total. The molecule has 0 aliphatic rings. The van der Waals surface area contributed by atoms with Crippen LogP contribution in [0.5, 0.6) is 0 Å². The number of H-pyrrole nitrogens is 1. The molecule has 0 aromatic carbocycles. The maximum Gasteiger partial charge on any atom is 0.257 e. The average Bonchev–Trinajstić information content (AvgIpc) is 3.31. The van der Waals surface area contributed by atoms with Gasteiger partial charge in [0.15, 0.2) is 0 Å². The number of unbranched alkanes of at least 4 members (excludes halogenated alkanes) is 19. The Balaban J connectivity index is 2.03. The van der Waals surface area contributed by atoms with Crippen LogP contribution in [0, 0.1) is 0 Å². The lowest BCUT2D eigenvalue weighted by atomic mass is 9.93. The Morgan fingerprint density at radius 3 is 1.27 bits per heavy atom. The molecule has 1 atom stereocenters. The van der Waals surface area contributed by atoms with E-state index in [1.54, 1.807) is 0 Å². The molecule has 1 N–H and O–H groups in total. The molecule has 0 spiro atoms. The second-order valence-corrected chi connectivity index (χ2v) is 10.6. The zero-order chi connectivity index (χ0) is 23.8. The number of rotatable bonds is 25. The molecule has 1 heterocycles. The molecule has 0 aliphatic heterocycles. The second-order valence-electron chi connectivity index (χ2n) is 10.6. The number of aryl methyl sites for hydroxylation is 1. The molecule has 1 aromatic rings. The molecule has 0 aliphatic carbocycles. The topological polar surface area (TPSA) is 19.7 Å². The fourth-order valence-electron chi connectivity index (χ4n) is 5.35. The van der Waals surface area contributed by atoms with Crippen LogP contribution >= 0.6 is 0 Å². The Morgan fingerprint density at radius 1 is 0.545 bits per heavy atom. The van der Waals surface area contributed by atoms with Crippen molar-refractivity contribution in [3.05, 3.63) is 18.2 Å². The number of hydrogen-bond acceptors (Lipinski definition) is 0. The standard InChI is InChI=1S/C31H60N2/c1-4-7-9-11-12-13-14-15-16-17-18-19-20-21-23-25-27-30(26-24-22-10-8-5-2)31-32-28-29-33(31)6-3/h28-30H,4-27H2,1-3H3/p+1/t30-/m0/s1. The van der Waals surface area contributed by atoms with Crippen LogP contribution in [-0.4, -0.2) is 4.98 Å². The molecule has 2 heteroatoms. The normalized spacial score (nSPS) is 12.5. The minimum Gasteiger partial charge on any atom is -0.247 e. The first-order valence-electron chi connectivity index (χ1n) is 15.4. The first-order valence-corrected chi connectivity index (χ1v) is 15.4. The van der Waals surface area contributed by atoms with E-state index < -0.39 is 0 Å². The average molecular weight is 462 g/mol. The van der Waals surface area contributed by atoms with Gasteiger partial charge in [0.2, 0.25) is 0 Å². The highest BCUT2D eigenvalue weighted by atomic mass is 15.1. The van der Waals surface area contributed by atoms with E-state index in [1.807, 2.05) is 0 Å². The van der Waals surface area contributed by atoms with Crippen LogP contribution in [0.25, 0.3) is 0 Å². The van der Waals surface area contributed by atoms with Gasteiger partial charge in [0.1, 0.15) is 12.4 Å². The Hall–Kier alpha value is -0.790. The van der Waals surface area contributed by atoms with Crippen LogP contribution in [0.15, 0.2) is 12.4 Å². The van der Waals surface area contributed by atoms with E-state index in [4.69, 9.17) is 0 Å². The summed E-state index contributed by atoms with van der Waals surface area (Å²) >= 11 is 0. The van der Waals surface area contributed by atoms with Crippen molar-refractivity contribution in [1.82, 2.24) is 4.98 Å². The van der Waals surface area contributed by atoms with Crippen LogP contribution in [0.1, 0.15) is 180 Å². The maximum atomic E-state index is 3.58. The third-order valence-electron chi connectivity index (χ3n) is 7.58. The van der Waals surface area contributed by atoms with Crippen molar-refractivity contribution in [2.75, 3.05) is 0 Å². The fourth-order valence-corrected chi connectivity index (χ4v) is 5.35. The van der Waals surface area contributed by atoms with E-state index in [0.717, 1.165) is 12.5 Å². The van der Waals surface area contributed by atoms with Crippen LogP contribution in [0.4, 0.5) is 0 Å². The van der Waals surface area contributed by atoms with E-state index in [9.17, 15) is 0 Å². The van der Waals surface area contributed by atoms with E-state index in [0.29, 0.717) is 0 Å². The van der Waals surface area contributed by atoms with Crippen molar-refractivity contribution < 1.29 is 4.57 Å². The molecule has 0 bridgehead atoms. The Labute approximate surface area is 208 Å². The molecule has 0 amide bonds. The largest absolute Gasteiger partial charge is 0.257 e. The SMILES string of the molecule is CCCCCCCCCCCCCCCCCC[C@H](CCCCCCC)c1[nH]cc[n+]1CC. The van der Waals surface area contributed by atoms with Gasteiger partial charge >= 0.3 is 0 Å². The molecular formula is C31H61N2+. The molecule has 0 fully saturated rings. The first kappa shape index (κ1) is 30.2. The van der Waals surface area contributed by atoms with Gasteiger partial charge < -0.3 is 0 Å². The number of aromatic nitrogens is 2. The highest BCUT2D eigenvalue weighted by Gasteiger charge is 2.21. The minimum absolute atomic E-state index is 0.730. The third kappa shape index (κ3) is 16.5. The van der Waals surface area contributed by atoms with Crippen molar-refractivity contribution >= 4 is 0 Å². The lowest BCUT2D eigenvalue weighted by molar-refractivity contribution is -0.701. The molecule has 0 unspecified atom stereocenters. The molecule has 1 aromatic heterocycles. The van der Waals surface area contributed by atoms with Gasteiger partial charge in [-0.1, -0.05) is 149 Å². The van der Waals surface area contributed by atoms with E-state index in [1.165, 1.54) is 154 Å². The van der Waals surface area contributed by atoms with Gasteiger partial charge in [-0.05, 0) is 19.8 Å². The molecule has 0 saturated carbocycles. The van der Waals surface area contributed by atoms with Gasteiger partial charge in [-0.3, -0.25) is 0 Å². The van der Waals surface area contributed by atoms with Crippen LogP contribution in [0.2, 0.25) is 0 Å². The predicted octanol–water partition coefficient (Wildman–Crippen LogP) is 10.4. The van der Waals surface area contributed by atoms with Crippen LogP contribution < -0.4 is 4.57 Å². The molecular weight excluding hydrogens is 400 g/mol. The highest BCUT2D eigenvalue weighted by Crippen LogP contribution is 2.26. The zero-order valence-electron chi connectivity index (χ0n) is 23.1. The van der Waals surface area contributed by atoms with Gasteiger partial charge in [0.05, 0.1) is 12.5 Å². The van der Waals surface area contributed by atoms with Gasteiger partial charge in [-0.25, -0.2) is 9.55 Å². The lowest BCUT2D eigenvalue weighted by Gasteiger charge is -2.14. The summed E-state index contributed by atoms with van der Waals surface area (Å²) in [5, 5.41) is 0. The molecule has 0 radical (unpaired) electrons. The van der Waals surface area contributed by atoms with Crippen molar-refractivity contribution in [3.63, 3.8) is 0 Å². The quantitative estimate of drug-likeness (QED) is 0.110. The zero-order valence-corrected chi connectivity index (χ0v) is 23.1. The summed E-state index contributed by atoms with van der Waals surface area (Å²) in [5.74, 6) is 2.21. The number of nitrogens with zero attached hydrogens (tertiary/aromatic N) is 1. The van der Waals surface area contributed by atoms with E-state index >= 15 is 0 Å². The van der Waals surface area contributed by atoms with Crippen molar-refractivity contribution in [2.45, 2.75) is 181 Å². The van der Waals surface area contributed by atoms with Crippen molar-refractivity contribution in [1.29, 1.82) is 0 Å². The van der Waals surface area contributed by atoms with Crippen LogP contribution in [0.3, 0.4) is 0 Å². The minimum atomic E-state index is 0.730. The number of imidazole rings is 1. The fraction of sp³-hybridized carbons (Fsp3) is 0.903. The summed E-state index contributed by atoms with van der Waals surface area (Å²) in [5.41, 5.74) is 0. The molecule has 33 heavy (non-hydrogen) atoms. The van der Waals surface area contributed by atoms with E-state index in [-0.39, 0.29) is 0 Å². The lowest BCUT2D eigenvalue weighted by Crippen LogP contribution is -2.36. The van der Waals surface area contributed by atoms with Crippen LogP contribution in [-0.2, 0) is 6.54 Å². The Bertz CT molecular complexity index is 507. The Morgan fingerprint density at radius 2 is 0.909 bits per heavy atom. The summed E-state index contributed by atoms with van der Waals surface area (Å²) in [6.07, 6.45) is 37.3. The van der Waals surface area contributed by atoms with Gasteiger partial charge in [-0.2, -0.15) is 0 Å². The first-order chi connectivity index (χ1) is 16.3. The molecule has 194 valence electrons. The van der Waals surface area contributed by atoms with Gasteiger partial charge in [0, 0.05) is 0 Å². The second kappa shape index (κ2) is 23.0. The van der Waals surface area contributed by atoms with E-state index in [2.05, 4.69) is 42.7 Å². The maximum absolute atomic E-state index is 3.58. The molecule has 0 saturated heterocycles. The summed E-state index contributed by atoms with van der Waals surface area (Å²) in [6, 6.07) is 0. The number of hydrogen-bond donors (Lipinski definition) is 1. The van der Waals surface area contributed by atoms with Crippen molar-refractivity contribution in [2.24, 2.45) is 0 Å². The predicted molar refractivity (Wildman–Crippen MR) is 147 cm³/mol. The number of nitrogens with one attached hydrogen (secondary N) is 1. The summed E-state index contributed by atoms with van der Waals surface area (Å²) in [6.45, 7) is 7.97. The summed E-state index contributed by atoms with van der Waals surface area (Å²) < 4.78 is 2.43. The summed E-state index contributed by atoms with van der Waals surface area (Å²) in [4.78, 5) is 3.58.